The number of rotatable bonds is 10. The van der Waals surface area contributed by atoms with Gasteiger partial charge in [-0.2, -0.15) is 0 Å². The molecule has 0 unspecified atom stereocenters. The Labute approximate surface area is 201 Å². The van der Waals surface area contributed by atoms with E-state index < -0.39 is 15.7 Å². The number of ether oxygens (including phenoxy) is 1. The zero-order valence-electron chi connectivity index (χ0n) is 18.2. The number of halogens is 2. The first-order valence-corrected chi connectivity index (χ1v) is 12.1. The number of aliphatic imine (C=N–C) groups is 1. The summed E-state index contributed by atoms with van der Waals surface area (Å²) in [6, 6.07) is 12.1. The van der Waals surface area contributed by atoms with Gasteiger partial charge >= 0.3 is 0 Å². The molecule has 172 valence electrons. The fraction of sp³-hybridized carbons (Fsp3) is 0.409. The van der Waals surface area contributed by atoms with E-state index in [2.05, 4.69) is 15.6 Å². The van der Waals surface area contributed by atoms with Crippen molar-refractivity contribution in [1.29, 1.82) is 0 Å². The Hall–Kier alpha value is -1.88. The highest BCUT2D eigenvalue weighted by Crippen LogP contribution is 2.16. The molecular weight excluding hydrogens is 532 g/mol. The van der Waals surface area contributed by atoms with Crippen molar-refractivity contribution in [3.05, 3.63) is 65.0 Å². The summed E-state index contributed by atoms with van der Waals surface area (Å²) in [6.45, 7) is 6.04. The van der Waals surface area contributed by atoms with Crippen molar-refractivity contribution in [1.82, 2.24) is 10.6 Å². The monoisotopic (exact) mass is 563 g/mol. The van der Waals surface area contributed by atoms with Crippen LogP contribution in [0.5, 0.6) is 5.75 Å². The van der Waals surface area contributed by atoms with E-state index in [-0.39, 0.29) is 36.3 Å². The van der Waals surface area contributed by atoms with E-state index >= 15 is 0 Å². The van der Waals surface area contributed by atoms with Gasteiger partial charge in [0, 0.05) is 19.3 Å². The van der Waals surface area contributed by atoms with Crippen LogP contribution in [0.1, 0.15) is 30.5 Å². The van der Waals surface area contributed by atoms with Gasteiger partial charge in [0.25, 0.3) is 0 Å². The normalized spacial score (nSPS) is 11.5. The minimum absolute atomic E-state index is 0. The minimum Gasteiger partial charge on any atom is -0.494 e. The second kappa shape index (κ2) is 13.5. The van der Waals surface area contributed by atoms with Gasteiger partial charge in [-0.15, -0.1) is 24.0 Å². The molecule has 0 heterocycles. The lowest BCUT2D eigenvalue weighted by molar-refractivity contribution is 0.340. The second-order valence-corrected chi connectivity index (χ2v) is 9.08. The summed E-state index contributed by atoms with van der Waals surface area (Å²) in [5.41, 5.74) is 2.26. The summed E-state index contributed by atoms with van der Waals surface area (Å²) in [7, 11) is -3.23. The summed E-state index contributed by atoms with van der Waals surface area (Å²) >= 11 is 0. The van der Waals surface area contributed by atoms with Crippen molar-refractivity contribution >= 4 is 39.8 Å². The van der Waals surface area contributed by atoms with Gasteiger partial charge in [-0.3, -0.25) is 0 Å². The summed E-state index contributed by atoms with van der Waals surface area (Å²) in [4.78, 5) is 4.50. The standard InChI is InChI=1S/C22H30FN3O3S.HI/c1-4-24-22(25-12-11-17-7-6-8-21(13-17)29-5-2)26-15-19-14-20(23)10-9-18(19)16-30(3,27)28;/h6-10,13-14H,4-5,11-12,15-16H2,1-3H3,(H2,24,25,26);1H. The van der Waals surface area contributed by atoms with E-state index in [1.54, 1.807) is 0 Å². The average molecular weight is 563 g/mol. The molecule has 0 aromatic heterocycles. The number of nitrogens with zero attached hydrogens (tertiary/aromatic N) is 1. The molecule has 0 atom stereocenters. The Kier molecular flexibility index (Phi) is 11.8. The van der Waals surface area contributed by atoms with Crippen LogP contribution in [0.25, 0.3) is 0 Å². The van der Waals surface area contributed by atoms with Crippen molar-refractivity contribution in [2.24, 2.45) is 4.99 Å². The molecule has 2 aromatic rings. The number of hydrogen-bond acceptors (Lipinski definition) is 4. The second-order valence-electron chi connectivity index (χ2n) is 6.94. The van der Waals surface area contributed by atoms with E-state index in [1.165, 1.54) is 18.2 Å². The average Bonchev–Trinajstić information content (AvgIpc) is 2.67. The predicted octanol–water partition coefficient (Wildman–Crippen LogP) is 3.68. The molecule has 31 heavy (non-hydrogen) atoms. The van der Waals surface area contributed by atoms with Crippen LogP contribution in [0.15, 0.2) is 47.5 Å². The third-order valence-electron chi connectivity index (χ3n) is 4.25. The molecule has 0 saturated heterocycles. The molecule has 0 bridgehead atoms. The highest BCUT2D eigenvalue weighted by molar-refractivity contribution is 14.0. The third-order valence-corrected chi connectivity index (χ3v) is 5.09. The number of guanidine groups is 1. The number of hydrogen-bond donors (Lipinski definition) is 2. The summed E-state index contributed by atoms with van der Waals surface area (Å²) in [5.74, 6) is 0.885. The van der Waals surface area contributed by atoms with Gasteiger partial charge in [0.1, 0.15) is 11.6 Å². The van der Waals surface area contributed by atoms with Gasteiger partial charge < -0.3 is 15.4 Å². The molecule has 0 amide bonds. The molecule has 2 rings (SSSR count). The molecule has 0 fully saturated rings. The Morgan fingerprint density at radius 1 is 1.10 bits per heavy atom. The highest BCUT2D eigenvalue weighted by atomic mass is 127. The first-order valence-electron chi connectivity index (χ1n) is 9.99. The molecule has 0 spiro atoms. The predicted molar refractivity (Wildman–Crippen MR) is 134 cm³/mol. The van der Waals surface area contributed by atoms with Crippen LogP contribution in [0, 0.1) is 5.82 Å². The molecule has 6 nitrogen and oxygen atoms in total. The number of sulfone groups is 1. The van der Waals surface area contributed by atoms with Crippen LogP contribution in [0.3, 0.4) is 0 Å². The zero-order valence-corrected chi connectivity index (χ0v) is 21.3. The molecule has 0 radical (unpaired) electrons. The summed E-state index contributed by atoms with van der Waals surface area (Å²) in [6.07, 6.45) is 1.94. The quantitative estimate of drug-likeness (QED) is 0.262. The molecule has 2 aromatic carbocycles. The largest absolute Gasteiger partial charge is 0.494 e. The lowest BCUT2D eigenvalue weighted by Crippen LogP contribution is -2.38. The molecule has 0 saturated carbocycles. The number of nitrogens with one attached hydrogen (secondary N) is 2. The van der Waals surface area contributed by atoms with Crippen LogP contribution in [-0.4, -0.2) is 40.3 Å². The zero-order chi connectivity index (χ0) is 22.0. The molecule has 0 aliphatic carbocycles. The number of benzene rings is 2. The Morgan fingerprint density at radius 2 is 1.87 bits per heavy atom. The maximum absolute atomic E-state index is 13.7. The molecule has 0 aliphatic rings. The van der Waals surface area contributed by atoms with Gasteiger partial charge in [-0.05, 0) is 61.2 Å². The Balaban J connectivity index is 0.00000480. The molecular formula is C22H31FIN3O3S. The maximum Gasteiger partial charge on any atom is 0.191 e. The van der Waals surface area contributed by atoms with Crippen molar-refractivity contribution in [2.45, 2.75) is 32.6 Å². The van der Waals surface area contributed by atoms with E-state index in [9.17, 15) is 12.8 Å². The van der Waals surface area contributed by atoms with Gasteiger partial charge in [0.2, 0.25) is 0 Å². The van der Waals surface area contributed by atoms with Crippen LogP contribution >= 0.6 is 24.0 Å². The summed E-state index contributed by atoms with van der Waals surface area (Å²) < 4.78 is 42.5. The lowest BCUT2D eigenvalue weighted by atomic mass is 10.1. The minimum atomic E-state index is -3.23. The summed E-state index contributed by atoms with van der Waals surface area (Å²) in [5, 5.41) is 6.41. The van der Waals surface area contributed by atoms with Gasteiger partial charge in [0.05, 0.1) is 18.9 Å². The van der Waals surface area contributed by atoms with Crippen molar-refractivity contribution in [2.75, 3.05) is 26.0 Å². The molecule has 0 aliphatic heterocycles. The lowest BCUT2D eigenvalue weighted by Gasteiger charge is -2.13. The smallest absolute Gasteiger partial charge is 0.191 e. The fourth-order valence-corrected chi connectivity index (χ4v) is 3.80. The third kappa shape index (κ3) is 10.3. The first kappa shape index (κ1) is 27.2. The highest BCUT2D eigenvalue weighted by Gasteiger charge is 2.11. The van der Waals surface area contributed by atoms with Crippen molar-refractivity contribution in [3.8, 4) is 5.75 Å². The SMILES string of the molecule is CCNC(=NCc1cc(F)ccc1CS(C)(=O)=O)NCCc1cccc(OCC)c1.I. The topological polar surface area (TPSA) is 79.8 Å². The fourth-order valence-electron chi connectivity index (χ4n) is 2.95. The van der Waals surface area contributed by atoms with Crippen molar-refractivity contribution < 1.29 is 17.5 Å². The van der Waals surface area contributed by atoms with Crippen LogP contribution < -0.4 is 15.4 Å². The van der Waals surface area contributed by atoms with E-state index in [0.29, 0.717) is 36.8 Å². The van der Waals surface area contributed by atoms with E-state index in [4.69, 9.17) is 4.74 Å². The van der Waals surface area contributed by atoms with Crippen LogP contribution in [-0.2, 0) is 28.6 Å². The van der Waals surface area contributed by atoms with E-state index in [1.807, 2.05) is 38.1 Å². The van der Waals surface area contributed by atoms with Crippen molar-refractivity contribution in [3.63, 3.8) is 0 Å². The molecule has 9 heteroatoms. The Morgan fingerprint density at radius 3 is 2.55 bits per heavy atom. The van der Waals surface area contributed by atoms with Gasteiger partial charge in [-0.1, -0.05) is 18.2 Å². The van der Waals surface area contributed by atoms with Crippen LogP contribution in [0.4, 0.5) is 4.39 Å². The van der Waals surface area contributed by atoms with Gasteiger partial charge in [-0.25, -0.2) is 17.8 Å². The van der Waals surface area contributed by atoms with E-state index in [0.717, 1.165) is 24.0 Å². The maximum atomic E-state index is 13.7. The van der Waals surface area contributed by atoms with Gasteiger partial charge in [0.15, 0.2) is 15.8 Å². The molecule has 2 N–H and O–H groups in total. The van der Waals surface area contributed by atoms with Crippen LogP contribution in [0.2, 0.25) is 0 Å². The first-order chi connectivity index (χ1) is 14.3. The Bertz CT molecular complexity index is 968.